The van der Waals surface area contributed by atoms with Gasteiger partial charge in [0.05, 0.1) is 6.33 Å². The van der Waals surface area contributed by atoms with Crippen molar-refractivity contribution < 1.29 is 4.79 Å². The molecule has 0 spiro atoms. The van der Waals surface area contributed by atoms with Crippen molar-refractivity contribution in [3.63, 3.8) is 0 Å². The maximum absolute atomic E-state index is 12.8. The fourth-order valence-electron chi connectivity index (χ4n) is 3.41. The minimum absolute atomic E-state index is 0.00487. The maximum atomic E-state index is 12.8. The second-order valence-corrected chi connectivity index (χ2v) is 6.70. The van der Waals surface area contributed by atoms with Gasteiger partial charge in [-0.25, -0.2) is 9.78 Å². The van der Waals surface area contributed by atoms with Gasteiger partial charge in [0.2, 0.25) is 5.91 Å². The van der Waals surface area contributed by atoms with Gasteiger partial charge in [-0.2, -0.15) is 5.10 Å². The van der Waals surface area contributed by atoms with Crippen molar-refractivity contribution >= 4 is 22.9 Å². The largest absolute Gasteiger partial charge is 0.352 e. The Balaban J connectivity index is 1.51. The number of aryl methyl sites for hydroxylation is 1. The zero-order valence-corrected chi connectivity index (χ0v) is 15.6. The SMILES string of the molecule is Cn1c(=O)c2c(ncn2CC(=O)N2CCN(c3cccnn3)CC2)n(C)c1=O. The Morgan fingerprint density at radius 1 is 1.11 bits per heavy atom. The number of carbonyl (C=O) groups is 1. The molecule has 1 fully saturated rings. The van der Waals surface area contributed by atoms with Crippen LogP contribution in [0.15, 0.2) is 34.2 Å². The number of imidazole rings is 1. The lowest BCUT2D eigenvalue weighted by Crippen LogP contribution is -2.50. The van der Waals surface area contributed by atoms with Gasteiger partial charge >= 0.3 is 5.69 Å². The Morgan fingerprint density at radius 2 is 1.86 bits per heavy atom. The Kier molecular flexibility index (Phi) is 4.41. The first-order chi connectivity index (χ1) is 13.5. The summed E-state index contributed by atoms with van der Waals surface area (Å²) in [6, 6.07) is 3.72. The van der Waals surface area contributed by atoms with Crippen LogP contribution in [-0.2, 0) is 25.4 Å². The molecule has 1 aliphatic heterocycles. The zero-order valence-electron chi connectivity index (χ0n) is 15.6. The summed E-state index contributed by atoms with van der Waals surface area (Å²) >= 11 is 0. The van der Waals surface area contributed by atoms with E-state index >= 15 is 0 Å². The lowest BCUT2D eigenvalue weighted by atomic mass is 10.3. The molecule has 0 aliphatic carbocycles. The van der Waals surface area contributed by atoms with Gasteiger partial charge in [-0.3, -0.25) is 18.7 Å². The number of rotatable bonds is 3. The van der Waals surface area contributed by atoms with E-state index in [1.54, 1.807) is 18.1 Å². The lowest BCUT2D eigenvalue weighted by Gasteiger charge is -2.35. The molecule has 0 radical (unpaired) electrons. The van der Waals surface area contributed by atoms with Crippen LogP contribution >= 0.6 is 0 Å². The summed E-state index contributed by atoms with van der Waals surface area (Å²) in [7, 11) is 2.96. The van der Waals surface area contributed by atoms with Gasteiger partial charge in [-0.1, -0.05) is 0 Å². The normalized spacial score (nSPS) is 14.6. The molecule has 11 heteroatoms. The van der Waals surface area contributed by atoms with E-state index in [1.165, 1.54) is 22.5 Å². The van der Waals surface area contributed by atoms with Crippen molar-refractivity contribution in [2.24, 2.45) is 14.1 Å². The second-order valence-electron chi connectivity index (χ2n) is 6.70. The molecule has 1 amide bonds. The number of hydrogen-bond donors (Lipinski definition) is 0. The van der Waals surface area contributed by atoms with E-state index in [4.69, 9.17) is 0 Å². The van der Waals surface area contributed by atoms with E-state index in [0.717, 1.165) is 10.4 Å². The van der Waals surface area contributed by atoms with Gasteiger partial charge in [-0.15, -0.1) is 5.10 Å². The van der Waals surface area contributed by atoms with Crippen molar-refractivity contribution in [3.05, 3.63) is 45.5 Å². The number of anilines is 1. The molecule has 0 aromatic carbocycles. The van der Waals surface area contributed by atoms with Gasteiger partial charge in [0.1, 0.15) is 6.54 Å². The van der Waals surface area contributed by atoms with Crippen LogP contribution in [0, 0.1) is 0 Å². The van der Waals surface area contributed by atoms with Crippen LogP contribution in [0.4, 0.5) is 5.82 Å². The summed E-state index contributed by atoms with van der Waals surface area (Å²) in [5, 5.41) is 7.98. The summed E-state index contributed by atoms with van der Waals surface area (Å²) < 4.78 is 3.83. The molecule has 3 aromatic rings. The number of hydrogen-bond acceptors (Lipinski definition) is 7. The third-order valence-corrected chi connectivity index (χ3v) is 5.04. The molecule has 4 rings (SSSR count). The molecule has 3 aromatic heterocycles. The summed E-state index contributed by atoms with van der Waals surface area (Å²) in [5.74, 6) is 0.689. The topological polar surface area (TPSA) is 111 Å². The predicted octanol–water partition coefficient (Wildman–Crippen LogP) is -1.43. The number of fused-ring (bicyclic) bond motifs is 1. The standard InChI is InChI=1S/C17H20N8O3/c1-21-15-14(16(27)22(2)17(21)28)25(11-18-15)10-13(26)24-8-6-23(7-9-24)12-4-3-5-19-20-12/h3-5,11H,6-10H2,1-2H3. The molecule has 0 N–H and O–H groups in total. The highest BCUT2D eigenvalue weighted by Gasteiger charge is 2.23. The van der Waals surface area contributed by atoms with Crippen LogP contribution in [0.2, 0.25) is 0 Å². The molecule has 0 bridgehead atoms. The van der Waals surface area contributed by atoms with E-state index in [1.807, 2.05) is 12.1 Å². The number of aromatic nitrogens is 6. The van der Waals surface area contributed by atoms with Crippen LogP contribution in [0.1, 0.15) is 0 Å². The Bertz CT molecular complexity index is 1140. The lowest BCUT2D eigenvalue weighted by molar-refractivity contribution is -0.132. The first-order valence-corrected chi connectivity index (χ1v) is 8.88. The van der Waals surface area contributed by atoms with Crippen molar-refractivity contribution in [1.29, 1.82) is 0 Å². The third-order valence-electron chi connectivity index (χ3n) is 5.04. The first kappa shape index (κ1) is 17.9. The van der Waals surface area contributed by atoms with Crippen LogP contribution in [0.25, 0.3) is 11.2 Å². The van der Waals surface area contributed by atoms with Gasteiger partial charge in [0.15, 0.2) is 17.0 Å². The Morgan fingerprint density at radius 3 is 2.54 bits per heavy atom. The quantitative estimate of drug-likeness (QED) is 0.544. The number of carbonyl (C=O) groups excluding carboxylic acids is 1. The Hall–Kier alpha value is -3.50. The van der Waals surface area contributed by atoms with Gasteiger partial charge in [-0.05, 0) is 12.1 Å². The highest BCUT2D eigenvalue weighted by atomic mass is 16.2. The second kappa shape index (κ2) is 6.91. The van der Waals surface area contributed by atoms with E-state index in [0.29, 0.717) is 26.2 Å². The van der Waals surface area contributed by atoms with E-state index < -0.39 is 11.2 Å². The average Bonchev–Trinajstić information content (AvgIpc) is 3.15. The number of nitrogens with zero attached hydrogens (tertiary/aromatic N) is 8. The number of piperazine rings is 1. The van der Waals surface area contributed by atoms with Crippen molar-refractivity contribution in [3.8, 4) is 0 Å². The minimum Gasteiger partial charge on any atom is -0.352 e. The average molecular weight is 384 g/mol. The fraction of sp³-hybridized carbons (Fsp3) is 0.412. The van der Waals surface area contributed by atoms with Crippen molar-refractivity contribution in [2.45, 2.75) is 6.54 Å². The number of amides is 1. The molecular formula is C17H20N8O3. The highest BCUT2D eigenvalue weighted by molar-refractivity contribution is 5.79. The molecule has 1 saturated heterocycles. The molecular weight excluding hydrogens is 364 g/mol. The highest BCUT2D eigenvalue weighted by Crippen LogP contribution is 2.13. The summed E-state index contributed by atoms with van der Waals surface area (Å²) in [6.45, 7) is 2.42. The van der Waals surface area contributed by atoms with Crippen LogP contribution in [-0.4, -0.2) is 65.9 Å². The molecule has 146 valence electrons. The summed E-state index contributed by atoms with van der Waals surface area (Å²) in [5.41, 5.74) is -0.394. The zero-order chi connectivity index (χ0) is 19.8. The van der Waals surface area contributed by atoms with E-state index in [9.17, 15) is 14.4 Å². The van der Waals surface area contributed by atoms with Crippen molar-refractivity contribution in [1.82, 2.24) is 33.8 Å². The van der Waals surface area contributed by atoms with E-state index in [-0.39, 0.29) is 23.6 Å². The Labute approximate surface area is 159 Å². The van der Waals surface area contributed by atoms with Gasteiger partial charge < -0.3 is 14.4 Å². The predicted molar refractivity (Wildman–Crippen MR) is 101 cm³/mol. The van der Waals surface area contributed by atoms with Crippen LogP contribution in [0.5, 0.6) is 0 Å². The first-order valence-electron chi connectivity index (χ1n) is 8.88. The van der Waals surface area contributed by atoms with Crippen molar-refractivity contribution in [2.75, 3.05) is 31.1 Å². The molecule has 4 heterocycles. The monoisotopic (exact) mass is 384 g/mol. The van der Waals surface area contributed by atoms with Gasteiger partial charge in [0, 0.05) is 46.5 Å². The fourth-order valence-corrected chi connectivity index (χ4v) is 3.41. The smallest absolute Gasteiger partial charge is 0.332 e. The van der Waals surface area contributed by atoms with Gasteiger partial charge in [0.25, 0.3) is 5.56 Å². The molecule has 0 saturated carbocycles. The van der Waals surface area contributed by atoms with E-state index in [2.05, 4.69) is 20.1 Å². The molecule has 0 atom stereocenters. The molecule has 0 unspecified atom stereocenters. The maximum Gasteiger partial charge on any atom is 0.332 e. The molecule has 28 heavy (non-hydrogen) atoms. The van der Waals surface area contributed by atoms with Crippen LogP contribution in [0.3, 0.4) is 0 Å². The molecule has 1 aliphatic rings. The minimum atomic E-state index is -0.462. The molecule has 11 nitrogen and oxygen atoms in total. The summed E-state index contributed by atoms with van der Waals surface area (Å²) in [4.78, 5) is 45.2. The summed E-state index contributed by atoms with van der Waals surface area (Å²) in [6.07, 6.45) is 3.05. The third kappa shape index (κ3) is 2.94. The van der Waals surface area contributed by atoms with Crippen LogP contribution < -0.4 is 16.1 Å².